The van der Waals surface area contributed by atoms with Crippen molar-refractivity contribution in [3.05, 3.63) is 94.6 Å². The van der Waals surface area contributed by atoms with Crippen LogP contribution in [0.5, 0.6) is 0 Å². The number of ether oxygens (including phenoxy) is 3. The van der Waals surface area contributed by atoms with E-state index in [0.29, 0.717) is 24.8 Å². The summed E-state index contributed by atoms with van der Waals surface area (Å²) in [4.78, 5) is 49.7. The van der Waals surface area contributed by atoms with Crippen LogP contribution in [0.2, 0.25) is 0 Å². The van der Waals surface area contributed by atoms with Gasteiger partial charge < -0.3 is 29.5 Å². The number of hydrogen-bond acceptors (Lipinski definition) is 9. The number of ketones is 2. The second-order valence-corrected chi connectivity index (χ2v) is 14.5. The number of aliphatic hydroxyl groups is 2. The highest BCUT2D eigenvalue weighted by molar-refractivity contribution is 6.28. The molecule has 0 radical (unpaired) electrons. The lowest BCUT2D eigenvalue weighted by molar-refractivity contribution is -0.202. The molecule has 7 rings (SSSR count). The van der Waals surface area contributed by atoms with E-state index in [1.165, 1.54) is 0 Å². The van der Waals surface area contributed by atoms with Crippen molar-refractivity contribution in [1.29, 1.82) is 0 Å². The van der Waals surface area contributed by atoms with Crippen molar-refractivity contribution < 1.29 is 48.7 Å². The number of carbonyl (C=O) groups excluding carboxylic acids is 3. The summed E-state index contributed by atoms with van der Waals surface area (Å²) in [6, 6.07) is 15.4. The molecule has 0 spiro atoms. The first kappa shape index (κ1) is 32.6. The Morgan fingerprint density at radius 3 is 2.52 bits per heavy atom. The van der Waals surface area contributed by atoms with Crippen LogP contribution in [0.3, 0.4) is 0 Å². The Kier molecular flexibility index (Phi) is 8.06. The standard InChI is InChI=1S/C38H40O10/c1-36-13-12-26(40)16-25(36)10-11-27-28-17-31-38(30(42)20-46-34(45)33(43)44,37(28,2)18-29(41)32(27)36)48-35(47-31)24-5-3-4-23(15-24)14-21-6-8-22(19-39)9-7-21/h3-9,12-13,15-16,27-29,31-32,35,39,41H,10-11,14,17-20H2,1-2H3,(H,43,44)/t27-,28-,29-,31+,32+,35+,36-,37-,38+/m0/s1. The first-order valence-corrected chi connectivity index (χ1v) is 16.6. The van der Waals surface area contributed by atoms with Crippen LogP contribution in [0, 0.1) is 28.6 Å². The van der Waals surface area contributed by atoms with Crippen LogP contribution in [0.1, 0.15) is 68.1 Å². The van der Waals surface area contributed by atoms with Crippen LogP contribution in [0.15, 0.2) is 72.3 Å². The molecular formula is C38H40O10. The van der Waals surface area contributed by atoms with Crippen LogP contribution in [0.4, 0.5) is 0 Å². The lowest BCUT2D eigenvalue weighted by Gasteiger charge is -2.59. The summed E-state index contributed by atoms with van der Waals surface area (Å²) in [6.45, 7) is 3.18. The predicted octanol–water partition coefficient (Wildman–Crippen LogP) is 4.01. The van der Waals surface area contributed by atoms with E-state index in [-0.39, 0.29) is 36.6 Å². The molecule has 0 amide bonds. The minimum Gasteiger partial charge on any atom is -0.473 e. The van der Waals surface area contributed by atoms with E-state index in [0.717, 1.165) is 28.7 Å². The molecule has 3 saturated carbocycles. The zero-order chi connectivity index (χ0) is 34.0. The van der Waals surface area contributed by atoms with E-state index in [1.807, 2.05) is 61.5 Å². The third-order valence-corrected chi connectivity index (χ3v) is 12.0. The van der Waals surface area contributed by atoms with Crippen LogP contribution >= 0.6 is 0 Å². The number of Topliss-reactive ketones (excluding diaryl/α,β-unsaturated/α-hetero) is 1. The number of aliphatic hydroxyl groups excluding tert-OH is 2. The van der Waals surface area contributed by atoms with E-state index >= 15 is 0 Å². The van der Waals surface area contributed by atoms with Gasteiger partial charge in [-0.2, -0.15) is 0 Å². The van der Waals surface area contributed by atoms with Gasteiger partial charge in [0.1, 0.15) is 0 Å². The lowest BCUT2D eigenvalue weighted by atomic mass is 9.46. The number of rotatable bonds is 7. The molecule has 1 aliphatic heterocycles. The molecule has 1 heterocycles. The molecule has 252 valence electrons. The van der Waals surface area contributed by atoms with Crippen molar-refractivity contribution >= 4 is 23.5 Å². The monoisotopic (exact) mass is 656 g/mol. The Morgan fingerprint density at radius 2 is 1.79 bits per heavy atom. The maximum absolute atomic E-state index is 14.3. The van der Waals surface area contributed by atoms with Gasteiger partial charge in [0, 0.05) is 22.3 Å². The zero-order valence-electron chi connectivity index (χ0n) is 27.0. The van der Waals surface area contributed by atoms with Gasteiger partial charge in [0.2, 0.25) is 5.78 Å². The number of carboxylic acid groups (broad SMARTS) is 1. The molecule has 10 nitrogen and oxygen atoms in total. The van der Waals surface area contributed by atoms with Gasteiger partial charge >= 0.3 is 11.9 Å². The summed E-state index contributed by atoms with van der Waals surface area (Å²) in [5, 5.41) is 30.5. The van der Waals surface area contributed by atoms with E-state index in [2.05, 4.69) is 6.92 Å². The normalized spacial score (nSPS) is 36.3. The summed E-state index contributed by atoms with van der Waals surface area (Å²) >= 11 is 0. The molecule has 2 aromatic carbocycles. The Balaban J connectivity index is 1.21. The van der Waals surface area contributed by atoms with Gasteiger partial charge in [-0.05, 0) is 72.8 Å². The van der Waals surface area contributed by atoms with Crippen LogP contribution in [-0.4, -0.2) is 63.2 Å². The maximum Gasteiger partial charge on any atom is 0.417 e. The number of aliphatic carboxylic acids is 1. The van der Waals surface area contributed by atoms with E-state index < -0.39 is 59.3 Å². The van der Waals surface area contributed by atoms with Crippen molar-refractivity contribution in [2.75, 3.05) is 6.61 Å². The minimum atomic E-state index is -1.80. The second kappa shape index (κ2) is 11.9. The molecule has 2 aromatic rings. The van der Waals surface area contributed by atoms with Crippen LogP contribution in [-0.2, 0) is 46.4 Å². The van der Waals surface area contributed by atoms with Crippen molar-refractivity contribution in [1.82, 2.24) is 0 Å². The fourth-order valence-corrected chi connectivity index (χ4v) is 9.86. The summed E-state index contributed by atoms with van der Waals surface area (Å²) in [5.41, 5.74) is 1.53. The smallest absolute Gasteiger partial charge is 0.417 e. The van der Waals surface area contributed by atoms with E-state index in [9.17, 15) is 29.4 Å². The third-order valence-electron chi connectivity index (χ3n) is 12.0. The molecule has 0 bridgehead atoms. The van der Waals surface area contributed by atoms with Gasteiger partial charge in [-0.1, -0.05) is 74.0 Å². The van der Waals surface area contributed by atoms with Crippen LogP contribution < -0.4 is 0 Å². The first-order valence-electron chi connectivity index (χ1n) is 16.6. The molecular weight excluding hydrogens is 616 g/mol. The van der Waals surface area contributed by atoms with Gasteiger partial charge in [0.05, 0.1) is 18.8 Å². The Hall–Kier alpha value is -3.96. The summed E-state index contributed by atoms with van der Waals surface area (Å²) in [5.74, 6) is -4.28. The van der Waals surface area contributed by atoms with Gasteiger partial charge in [-0.25, -0.2) is 9.59 Å². The summed E-state index contributed by atoms with van der Waals surface area (Å²) in [6.07, 6.45) is 5.40. The predicted molar refractivity (Wildman–Crippen MR) is 170 cm³/mol. The number of hydrogen-bond donors (Lipinski definition) is 3. The van der Waals surface area contributed by atoms with Crippen molar-refractivity contribution in [2.45, 2.75) is 76.7 Å². The number of fused-ring (bicyclic) bond motifs is 7. The Labute approximate surface area is 278 Å². The van der Waals surface area contributed by atoms with Gasteiger partial charge in [-0.15, -0.1) is 0 Å². The average Bonchev–Trinajstić information content (AvgIpc) is 3.57. The molecule has 4 fully saturated rings. The topological polar surface area (TPSA) is 157 Å². The summed E-state index contributed by atoms with van der Waals surface area (Å²) in [7, 11) is 0. The number of allylic oxidation sites excluding steroid dienone is 4. The van der Waals surface area contributed by atoms with Crippen molar-refractivity contribution in [3.8, 4) is 0 Å². The van der Waals surface area contributed by atoms with Crippen molar-refractivity contribution in [3.63, 3.8) is 0 Å². The number of benzene rings is 2. The van der Waals surface area contributed by atoms with Crippen LogP contribution in [0.25, 0.3) is 0 Å². The molecule has 1 saturated heterocycles. The number of esters is 1. The molecule has 10 heteroatoms. The Bertz CT molecular complexity index is 1730. The molecule has 48 heavy (non-hydrogen) atoms. The van der Waals surface area contributed by atoms with Gasteiger partial charge in [-0.3, -0.25) is 9.59 Å². The molecule has 9 atom stereocenters. The minimum absolute atomic E-state index is 0.0122. The SMILES string of the molecule is C[C@]12C=CC(=O)C=C1CC[C@@H]1[C@@H]2[C@@H](O)C[C@@]2(C)[C@H]1C[C@H]1O[C@@H](c3cccc(Cc4ccc(CO)cc4)c3)O[C@]12C(=O)COC(=O)C(=O)O. The first-order chi connectivity index (χ1) is 22.9. The fraction of sp³-hybridized carbons (Fsp3) is 0.474. The fourth-order valence-electron chi connectivity index (χ4n) is 9.86. The van der Waals surface area contributed by atoms with E-state index in [4.69, 9.17) is 19.3 Å². The average molecular weight is 657 g/mol. The quantitative estimate of drug-likeness (QED) is 0.294. The van der Waals surface area contributed by atoms with Crippen molar-refractivity contribution in [2.24, 2.45) is 28.6 Å². The molecule has 0 unspecified atom stereocenters. The summed E-state index contributed by atoms with van der Waals surface area (Å²) < 4.78 is 18.3. The number of carboxylic acids is 1. The van der Waals surface area contributed by atoms with Gasteiger partial charge in [0.15, 0.2) is 24.3 Å². The highest BCUT2D eigenvalue weighted by Crippen LogP contribution is 2.70. The largest absolute Gasteiger partial charge is 0.473 e. The maximum atomic E-state index is 14.3. The Morgan fingerprint density at radius 1 is 1.04 bits per heavy atom. The molecule has 5 aliphatic rings. The third kappa shape index (κ3) is 5.00. The number of carbonyl (C=O) groups is 4. The zero-order valence-corrected chi connectivity index (χ0v) is 27.0. The van der Waals surface area contributed by atoms with E-state index in [1.54, 1.807) is 12.2 Å². The molecule has 4 aliphatic carbocycles. The second-order valence-electron chi connectivity index (χ2n) is 14.5. The highest BCUT2D eigenvalue weighted by atomic mass is 16.7. The highest BCUT2D eigenvalue weighted by Gasteiger charge is 2.76. The molecule has 0 aromatic heterocycles. The molecule has 3 N–H and O–H groups in total. The van der Waals surface area contributed by atoms with Gasteiger partial charge in [0.25, 0.3) is 0 Å². The lowest BCUT2D eigenvalue weighted by Crippen LogP contribution is -2.63.